The fraction of sp³-hybridized carbons (Fsp3) is 0.227. The summed E-state index contributed by atoms with van der Waals surface area (Å²) in [6, 6.07) is 15.0. The predicted molar refractivity (Wildman–Crippen MR) is 131 cm³/mol. The van der Waals surface area contributed by atoms with Crippen molar-refractivity contribution in [1.29, 1.82) is 0 Å². The Morgan fingerprint density at radius 1 is 1.15 bits per heavy atom. The third-order valence-corrected chi connectivity index (χ3v) is 5.17. The van der Waals surface area contributed by atoms with Crippen LogP contribution in [0.5, 0.6) is 5.75 Å². The van der Waals surface area contributed by atoms with E-state index in [1.54, 1.807) is 18.2 Å². The molecule has 0 radical (unpaired) electrons. The molecule has 2 aromatic carbocycles. The number of nitrogens with one attached hydrogen (secondary N) is 1. The lowest BCUT2D eigenvalue weighted by atomic mass is 10.2. The number of oxime groups is 1. The van der Waals surface area contributed by atoms with Gasteiger partial charge in [-0.1, -0.05) is 47.1 Å². The fourth-order valence-corrected chi connectivity index (χ4v) is 3.34. The molecule has 3 rings (SSSR count). The van der Waals surface area contributed by atoms with Gasteiger partial charge in [0.05, 0.1) is 29.7 Å². The average molecular weight is 506 g/mol. The molecule has 12 heteroatoms. The van der Waals surface area contributed by atoms with Crippen molar-refractivity contribution < 1.29 is 22.2 Å². The lowest BCUT2D eigenvalue weighted by Crippen LogP contribution is -2.06. The Balaban J connectivity index is 1.60. The van der Waals surface area contributed by atoms with E-state index in [-0.39, 0.29) is 19.0 Å². The maximum atomic E-state index is 10.9. The van der Waals surface area contributed by atoms with Crippen LogP contribution in [0, 0.1) is 0 Å². The average Bonchev–Trinajstić information content (AvgIpc) is 2.79. The van der Waals surface area contributed by atoms with Crippen molar-refractivity contribution in [3.63, 3.8) is 0 Å². The highest BCUT2D eigenvalue weighted by molar-refractivity contribution is 7.85. The molecular formula is C22H24ClN5O5S. The number of benzene rings is 2. The largest absolute Gasteiger partial charge is 0.487 e. The number of hydrogen-bond donors (Lipinski definition) is 2. The van der Waals surface area contributed by atoms with Crippen molar-refractivity contribution >= 4 is 45.3 Å². The number of aromatic nitrogens is 2. The van der Waals surface area contributed by atoms with E-state index in [1.807, 2.05) is 30.3 Å². The van der Waals surface area contributed by atoms with Crippen molar-refractivity contribution in [2.45, 2.75) is 13.0 Å². The van der Waals surface area contributed by atoms with Crippen molar-refractivity contribution in [2.24, 2.45) is 5.16 Å². The van der Waals surface area contributed by atoms with Gasteiger partial charge in [-0.05, 0) is 23.8 Å². The number of nitrogens with zero attached hydrogens (tertiary/aromatic N) is 3. The van der Waals surface area contributed by atoms with E-state index >= 15 is 0 Å². The molecule has 0 fully saturated rings. The summed E-state index contributed by atoms with van der Waals surface area (Å²) in [7, 11) is -3.48. The Labute approximate surface area is 202 Å². The summed E-state index contributed by atoms with van der Waals surface area (Å²) >= 11 is 6.39. The molecule has 3 aromatic rings. The van der Waals surface area contributed by atoms with Crippen molar-refractivity contribution in [1.82, 2.24) is 9.97 Å². The maximum absolute atomic E-state index is 10.9. The first kappa shape index (κ1) is 25.2. The highest BCUT2D eigenvalue weighted by Gasteiger charge is 2.10. The first-order valence-electron chi connectivity index (χ1n) is 10.2. The van der Waals surface area contributed by atoms with E-state index in [1.165, 1.54) is 12.5 Å². The van der Waals surface area contributed by atoms with Crippen LogP contribution in [0.3, 0.4) is 0 Å². The van der Waals surface area contributed by atoms with E-state index in [0.717, 1.165) is 11.8 Å². The van der Waals surface area contributed by atoms with Crippen LogP contribution in [0.1, 0.15) is 17.5 Å². The van der Waals surface area contributed by atoms with Gasteiger partial charge in [-0.3, -0.25) is 4.18 Å². The van der Waals surface area contributed by atoms with Gasteiger partial charge in [-0.15, -0.1) is 0 Å². The minimum atomic E-state index is -3.48. The monoisotopic (exact) mass is 505 g/mol. The van der Waals surface area contributed by atoms with Gasteiger partial charge in [0.15, 0.2) is 0 Å². The van der Waals surface area contributed by atoms with E-state index < -0.39 is 10.1 Å². The summed E-state index contributed by atoms with van der Waals surface area (Å²) < 4.78 is 32.3. The number of hydrogen-bond acceptors (Lipinski definition) is 10. The third-order valence-electron chi connectivity index (χ3n) is 4.28. The number of halogens is 1. The lowest BCUT2D eigenvalue weighted by Gasteiger charge is -2.12. The molecule has 0 bridgehead atoms. The van der Waals surface area contributed by atoms with Gasteiger partial charge in [0.2, 0.25) is 0 Å². The summed E-state index contributed by atoms with van der Waals surface area (Å²) in [5.74, 6) is 1.14. The Kier molecular flexibility index (Phi) is 9.02. The quantitative estimate of drug-likeness (QED) is 0.163. The SMILES string of the molecule is CS(=O)(=O)OCCCON=Cc1c(N)ncnc1Nc1ccc(OCc2ccccc2)c(Cl)c1. The van der Waals surface area contributed by atoms with Crippen LogP contribution in [-0.4, -0.2) is 44.1 Å². The second-order valence-electron chi connectivity index (χ2n) is 7.01. The van der Waals surface area contributed by atoms with Gasteiger partial charge in [0.25, 0.3) is 10.1 Å². The standard InChI is InChI=1S/C22H24ClN5O5S/c1-34(29,30)33-11-5-10-32-27-13-18-21(24)25-15-26-22(18)28-17-8-9-20(19(23)12-17)31-14-16-6-3-2-4-7-16/h2-4,6-9,12-13,15H,5,10-11,14H2,1H3,(H3,24,25,26,28). The summed E-state index contributed by atoms with van der Waals surface area (Å²) in [6.45, 7) is 0.558. The van der Waals surface area contributed by atoms with Crippen molar-refractivity contribution in [3.8, 4) is 5.75 Å². The van der Waals surface area contributed by atoms with E-state index in [4.69, 9.17) is 26.9 Å². The molecule has 1 aromatic heterocycles. The van der Waals surface area contributed by atoms with Gasteiger partial charge in [0, 0.05) is 12.1 Å². The molecule has 0 aliphatic rings. The molecule has 0 spiro atoms. The third kappa shape index (κ3) is 8.18. The minimum Gasteiger partial charge on any atom is -0.487 e. The zero-order valence-corrected chi connectivity index (χ0v) is 19.9. The van der Waals surface area contributed by atoms with Crippen LogP contribution >= 0.6 is 11.6 Å². The zero-order chi connectivity index (χ0) is 24.4. The Morgan fingerprint density at radius 3 is 2.68 bits per heavy atom. The summed E-state index contributed by atoms with van der Waals surface area (Å²) in [5.41, 5.74) is 8.07. The topological polar surface area (TPSA) is 138 Å². The van der Waals surface area contributed by atoms with E-state index in [0.29, 0.717) is 40.9 Å². The molecule has 1 heterocycles. The van der Waals surface area contributed by atoms with Crippen LogP contribution in [-0.2, 0) is 25.7 Å². The molecule has 0 saturated heterocycles. The normalized spacial score (nSPS) is 11.5. The number of rotatable bonds is 12. The molecule has 0 saturated carbocycles. The highest BCUT2D eigenvalue weighted by atomic mass is 35.5. The molecule has 0 atom stereocenters. The van der Waals surface area contributed by atoms with Crippen LogP contribution in [0.4, 0.5) is 17.3 Å². The van der Waals surface area contributed by atoms with Crippen molar-refractivity contribution in [2.75, 3.05) is 30.5 Å². The maximum Gasteiger partial charge on any atom is 0.264 e. The molecule has 3 N–H and O–H groups in total. The zero-order valence-electron chi connectivity index (χ0n) is 18.3. The van der Waals surface area contributed by atoms with Crippen LogP contribution in [0.25, 0.3) is 0 Å². The van der Waals surface area contributed by atoms with E-state index in [9.17, 15) is 8.42 Å². The molecule has 10 nitrogen and oxygen atoms in total. The minimum absolute atomic E-state index is 0.00354. The molecular weight excluding hydrogens is 482 g/mol. The Morgan fingerprint density at radius 2 is 1.94 bits per heavy atom. The van der Waals surface area contributed by atoms with Crippen LogP contribution < -0.4 is 15.8 Å². The van der Waals surface area contributed by atoms with E-state index in [2.05, 4.69) is 24.6 Å². The smallest absolute Gasteiger partial charge is 0.264 e. The second kappa shape index (κ2) is 12.2. The number of nitrogens with two attached hydrogens (primary N) is 1. The molecule has 180 valence electrons. The summed E-state index contributed by atoms with van der Waals surface area (Å²) in [5, 5.41) is 7.40. The molecule has 0 aliphatic carbocycles. The predicted octanol–water partition coefficient (Wildman–Crippen LogP) is 3.75. The molecule has 34 heavy (non-hydrogen) atoms. The number of nitrogen functional groups attached to an aromatic ring is 1. The van der Waals surface area contributed by atoms with Crippen LogP contribution in [0.15, 0.2) is 60.0 Å². The fourth-order valence-electron chi connectivity index (χ4n) is 2.68. The Hall–Kier alpha value is -3.41. The number of ether oxygens (including phenoxy) is 1. The first-order valence-corrected chi connectivity index (χ1v) is 12.3. The van der Waals surface area contributed by atoms with Gasteiger partial charge >= 0.3 is 0 Å². The highest BCUT2D eigenvalue weighted by Crippen LogP contribution is 2.30. The van der Waals surface area contributed by atoms with Gasteiger partial charge < -0.3 is 20.6 Å². The molecule has 0 amide bonds. The van der Waals surface area contributed by atoms with Gasteiger partial charge in [0.1, 0.15) is 36.9 Å². The van der Waals surface area contributed by atoms with Gasteiger partial charge in [-0.2, -0.15) is 8.42 Å². The lowest BCUT2D eigenvalue weighted by molar-refractivity contribution is 0.130. The summed E-state index contributed by atoms with van der Waals surface area (Å²) in [4.78, 5) is 13.3. The number of anilines is 3. The van der Waals surface area contributed by atoms with Crippen LogP contribution in [0.2, 0.25) is 5.02 Å². The summed E-state index contributed by atoms with van der Waals surface area (Å²) in [6.07, 6.45) is 4.01. The Bertz CT molecular complexity index is 1230. The molecule has 0 aliphatic heterocycles. The molecule has 0 unspecified atom stereocenters. The van der Waals surface area contributed by atoms with Gasteiger partial charge in [-0.25, -0.2) is 9.97 Å². The van der Waals surface area contributed by atoms with Crippen molar-refractivity contribution in [3.05, 3.63) is 71.0 Å². The first-order chi connectivity index (χ1) is 16.3. The second-order valence-corrected chi connectivity index (χ2v) is 9.06.